The highest BCUT2D eigenvalue weighted by atomic mass is 79.9. The number of hydrogen-bond donors (Lipinski definition) is 2. The summed E-state index contributed by atoms with van der Waals surface area (Å²) in [4.78, 5) is 11.5. The molecule has 0 radical (unpaired) electrons. The van der Waals surface area contributed by atoms with E-state index in [2.05, 4.69) is 15.9 Å². The third kappa shape index (κ3) is 4.22. The van der Waals surface area contributed by atoms with Crippen LogP contribution in [-0.4, -0.2) is 30.1 Å². The Morgan fingerprint density at radius 2 is 2.18 bits per heavy atom. The third-order valence-electron chi connectivity index (χ3n) is 1.91. The first-order valence-electron chi connectivity index (χ1n) is 4.57. The van der Waals surface area contributed by atoms with Gasteiger partial charge >= 0.3 is 0 Å². The van der Waals surface area contributed by atoms with Gasteiger partial charge in [0, 0.05) is 9.50 Å². The van der Waals surface area contributed by atoms with Crippen molar-refractivity contribution in [1.29, 1.82) is 0 Å². The summed E-state index contributed by atoms with van der Waals surface area (Å²) in [5.74, 6) is -3.99. The molecule has 0 aliphatic carbocycles. The maximum absolute atomic E-state index is 12.7. The van der Waals surface area contributed by atoms with Gasteiger partial charge in [-0.2, -0.15) is 0 Å². The summed E-state index contributed by atoms with van der Waals surface area (Å²) in [6, 6.07) is 4.38. The molecule has 94 valence electrons. The number of benzene rings is 1. The second-order valence-electron chi connectivity index (χ2n) is 3.32. The van der Waals surface area contributed by atoms with Crippen molar-refractivity contribution >= 4 is 33.4 Å². The minimum atomic E-state index is -3.32. The number of amides is 1. The van der Waals surface area contributed by atoms with Crippen LogP contribution in [0, 0.1) is 0 Å². The topological polar surface area (TPSA) is 49.3 Å². The molecule has 0 bridgehead atoms. The van der Waals surface area contributed by atoms with Crippen LogP contribution in [0.15, 0.2) is 22.7 Å². The van der Waals surface area contributed by atoms with Crippen LogP contribution in [0.3, 0.4) is 0 Å². The molecule has 0 aliphatic heterocycles. The standard InChI is InChI=1S/C10H9BrClF2NO2/c11-8-3-6(12)1-2-7(8)9(17)15-4-10(13,14)5-16/h1-3,16H,4-5H2,(H,15,17). The van der Waals surface area contributed by atoms with E-state index in [1.54, 1.807) is 0 Å². The summed E-state index contributed by atoms with van der Waals surface area (Å²) in [5, 5.41) is 10.8. The molecule has 2 N–H and O–H groups in total. The molecule has 7 heteroatoms. The van der Waals surface area contributed by atoms with Gasteiger partial charge in [-0.1, -0.05) is 11.6 Å². The monoisotopic (exact) mass is 327 g/mol. The van der Waals surface area contributed by atoms with E-state index >= 15 is 0 Å². The third-order valence-corrected chi connectivity index (χ3v) is 2.81. The molecule has 0 saturated heterocycles. The normalized spacial score (nSPS) is 11.4. The van der Waals surface area contributed by atoms with Crippen LogP contribution in [0.2, 0.25) is 5.02 Å². The molecule has 1 aromatic carbocycles. The van der Waals surface area contributed by atoms with Gasteiger partial charge in [0.25, 0.3) is 11.8 Å². The Balaban J connectivity index is 2.71. The number of aliphatic hydroxyl groups excluding tert-OH is 1. The highest BCUT2D eigenvalue weighted by Crippen LogP contribution is 2.21. The van der Waals surface area contributed by atoms with Crippen LogP contribution >= 0.6 is 27.5 Å². The first-order valence-corrected chi connectivity index (χ1v) is 5.75. The lowest BCUT2D eigenvalue weighted by molar-refractivity contribution is -0.0462. The Bertz CT molecular complexity index is 429. The smallest absolute Gasteiger partial charge is 0.287 e. The van der Waals surface area contributed by atoms with Gasteiger partial charge in [0.2, 0.25) is 0 Å². The highest BCUT2D eigenvalue weighted by molar-refractivity contribution is 9.10. The van der Waals surface area contributed by atoms with Crippen molar-refractivity contribution in [2.45, 2.75) is 5.92 Å². The zero-order valence-electron chi connectivity index (χ0n) is 8.51. The minimum Gasteiger partial charge on any atom is -0.390 e. The Morgan fingerprint density at radius 3 is 2.71 bits per heavy atom. The van der Waals surface area contributed by atoms with E-state index in [0.717, 1.165) is 0 Å². The molecule has 0 atom stereocenters. The number of halogens is 4. The van der Waals surface area contributed by atoms with Crippen molar-refractivity contribution < 1.29 is 18.7 Å². The SMILES string of the molecule is O=C(NCC(F)(F)CO)c1ccc(Cl)cc1Br. The Kier molecular flexibility index (Phi) is 4.85. The second kappa shape index (κ2) is 5.75. The lowest BCUT2D eigenvalue weighted by Gasteiger charge is -2.14. The van der Waals surface area contributed by atoms with Gasteiger partial charge in [-0.3, -0.25) is 4.79 Å². The summed E-state index contributed by atoms with van der Waals surface area (Å²) in [6.07, 6.45) is 0. The molecule has 0 aliphatic rings. The average molecular weight is 329 g/mol. The number of aliphatic hydroxyl groups is 1. The summed E-state index contributed by atoms with van der Waals surface area (Å²) in [6.45, 7) is -2.23. The van der Waals surface area contributed by atoms with Crippen molar-refractivity contribution in [2.24, 2.45) is 0 Å². The number of rotatable bonds is 4. The fourth-order valence-electron chi connectivity index (χ4n) is 1.03. The molecule has 1 rings (SSSR count). The Morgan fingerprint density at radius 1 is 1.53 bits per heavy atom. The highest BCUT2D eigenvalue weighted by Gasteiger charge is 2.28. The summed E-state index contributed by atoms with van der Waals surface area (Å²) in [7, 11) is 0. The van der Waals surface area contributed by atoms with E-state index in [9.17, 15) is 13.6 Å². The number of nitrogens with one attached hydrogen (secondary N) is 1. The predicted octanol–water partition coefficient (Wildman–Crippen LogP) is 2.46. The number of alkyl halides is 2. The zero-order chi connectivity index (χ0) is 13.1. The van der Waals surface area contributed by atoms with Crippen molar-refractivity contribution in [3.63, 3.8) is 0 Å². The van der Waals surface area contributed by atoms with E-state index in [-0.39, 0.29) is 5.56 Å². The molecule has 0 spiro atoms. The van der Waals surface area contributed by atoms with E-state index < -0.39 is 25.0 Å². The molecule has 3 nitrogen and oxygen atoms in total. The molecular formula is C10H9BrClF2NO2. The fraction of sp³-hybridized carbons (Fsp3) is 0.300. The maximum Gasteiger partial charge on any atom is 0.287 e. The fourth-order valence-corrected chi connectivity index (χ4v) is 1.90. The second-order valence-corrected chi connectivity index (χ2v) is 4.61. The number of carbonyl (C=O) groups excluding carboxylic acids is 1. The summed E-state index contributed by atoms with van der Waals surface area (Å²) >= 11 is 8.78. The lowest BCUT2D eigenvalue weighted by atomic mass is 10.2. The molecule has 0 heterocycles. The minimum absolute atomic E-state index is 0.197. The van der Waals surface area contributed by atoms with Gasteiger partial charge in [0.1, 0.15) is 6.61 Å². The molecule has 0 unspecified atom stereocenters. The first-order chi connectivity index (χ1) is 7.85. The van der Waals surface area contributed by atoms with Crippen LogP contribution in [-0.2, 0) is 0 Å². The molecule has 0 saturated carbocycles. The van der Waals surface area contributed by atoms with Gasteiger partial charge in [0.15, 0.2) is 0 Å². The summed E-state index contributed by atoms with van der Waals surface area (Å²) in [5.41, 5.74) is 0.197. The van der Waals surface area contributed by atoms with Crippen LogP contribution in [0.1, 0.15) is 10.4 Å². The van der Waals surface area contributed by atoms with Gasteiger partial charge in [-0.15, -0.1) is 0 Å². The average Bonchev–Trinajstić information content (AvgIpc) is 2.26. The zero-order valence-corrected chi connectivity index (χ0v) is 10.9. The van der Waals surface area contributed by atoms with E-state index in [1.165, 1.54) is 18.2 Å². The number of carbonyl (C=O) groups is 1. The molecule has 1 amide bonds. The van der Waals surface area contributed by atoms with Crippen molar-refractivity contribution in [3.8, 4) is 0 Å². The van der Waals surface area contributed by atoms with Gasteiger partial charge in [0.05, 0.1) is 12.1 Å². The quantitative estimate of drug-likeness (QED) is 0.892. The van der Waals surface area contributed by atoms with Crippen LogP contribution in [0.4, 0.5) is 8.78 Å². The van der Waals surface area contributed by atoms with Crippen LogP contribution < -0.4 is 5.32 Å². The van der Waals surface area contributed by atoms with Crippen molar-refractivity contribution in [3.05, 3.63) is 33.3 Å². The number of hydrogen-bond acceptors (Lipinski definition) is 2. The Hall–Kier alpha value is -0.720. The van der Waals surface area contributed by atoms with Crippen molar-refractivity contribution in [2.75, 3.05) is 13.2 Å². The van der Waals surface area contributed by atoms with Gasteiger partial charge < -0.3 is 10.4 Å². The first kappa shape index (κ1) is 14.3. The van der Waals surface area contributed by atoms with Gasteiger partial charge in [-0.25, -0.2) is 8.78 Å². The van der Waals surface area contributed by atoms with E-state index in [0.29, 0.717) is 9.50 Å². The maximum atomic E-state index is 12.7. The van der Waals surface area contributed by atoms with Gasteiger partial charge in [-0.05, 0) is 34.1 Å². The van der Waals surface area contributed by atoms with Crippen molar-refractivity contribution in [1.82, 2.24) is 5.32 Å². The Labute approximate surface area is 110 Å². The molecule has 17 heavy (non-hydrogen) atoms. The predicted molar refractivity (Wildman–Crippen MR) is 63.5 cm³/mol. The van der Waals surface area contributed by atoms with Crippen LogP contribution in [0.25, 0.3) is 0 Å². The van der Waals surface area contributed by atoms with E-state index in [4.69, 9.17) is 16.7 Å². The van der Waals surface area contributed by atoms with E-state index in [1.807, 2.05) is 5.32 Å². The molecule has 0 aromatic heterocycles. The van der Waals surface area contributed by atoms with Crippen LogP contribution in [0.5, 0.6) is 0 Å². The molecule has 1 aromatic rings. The molecular weight excluding hydrogens is 319 g/mol. The molecule has 0 fully saturated rings. The largest absolute Gasteiger partial charge is 0.390 e. The lowest BCUT2D eigenvalue weighted by Crippen LogP contribution is -2.39. The summed E-state index contributed by atoms with van der Waals surface area (Å²) < 4.78 is 25.8.